The third-order valence-electron chi connectivity index (χ3n) is 1.71. The van der Waals surface area contributed by atoms with E-state index >= 15 is 0 Å². The smallest absolute Gasteiger partial charge is 0.407 e. The molecule has 0 aliphatic carbocycles. The number of carbonyl (C=O) groups excluding carboxylic acids is 2. The molecule has 0 rings (SSSR count). The zero-order valence-electron chi connectivity index (χ0n) is 16.6. The highest BCUT2D eigenvalue weighted by atomic mass is 16.6. The van der Waals surface area contributed by atoms with Crippen LogP contribution in [0, 0.1) is 0 Å². The van der Waals surface area contributed by atoms with E-state index in [-0.39, 0.29) is 5.91 Å². The Morgan fingerprint density at radius 3 is 1.91 bits per heavy atom. The molecule has 6 nitrogen and oxygen atoms in total. The van der Waals surface area contributed by atoms with Crippen molar-refractivity contribution in [3.05, 3.63) is 12.7 Å². The van der Waals surface area contributed by atoms with Gasteiger partial charge in [-0.2, -0.15) is 0 Å². The van der Waals surface area contributed by atoms with Crippen LogP contribution in [0.15, 0.2) is 12.7 Å². The standard InChI is InChI=1S/C10H21N3O3.C3H6.2C2H6/c1-10(2,3)16-9(15)13-6-5-7(11)8(14)12-4;1-3-2;2*1-2/h7H,5-6,11H2,1-4H3,(H,12,14)(H,13,15);3H,1H2,2H3;2*1-2H3. The lowest BCUT2D eigenvalue weighted by Gasteiger charge is -2.20. The van der Waals surface area contributed by atoms with Gasteiger partial charge >= 0.3 is 6.09 Å². The van der Waals surface area contributed by atoms with E-state index in [0.29, 0.717) is 13.0 Å². The molecule has 0 aromatic carbocycles. The van der Waals surface area contributed by atoms with E-state index in [1.807, 2.05) is 34.6 Å². The average Bonchev–Trinajstić information content (AvgIpc) is 2.49. The second-order valence-electron chi connectivity index (χ2n) is 4.85. The van der Waals surface area contributed by atoms with Gasteiger partial charge in [-0.15, -0.1) is 6.58 Å². The summed E-state index contributed by atoms with van der Waals surface area (Å²) in [7, 11) is 1.52. The van der Waals surface area contributed by atoms with Gasteiger partial charge in [0.2, 0.25) is 5.91 Å². The third-order valence-corrected chi connectivity index (χ3v) is 1.71. The van der Waals surface area contributed by atoms with Gasteiger partial charge in [0.05, 0.1) is 6.04 Å². The Morgan fingerprint density at radius 2 is 1.61 bits per heavy atom. The number of hydrogen-bond acceptors (Lipinski definition) is 4. The van der Waals surface area contributed by atoms with E-state index in [0.717, 1.165) is 0 Å². The summed E-state index contributed by atoms with van der Waals surface area (Å²) in [4.78, 5) is 22.2. The van der Waals surface area contributed by atoms with E-state index < -0.39 is 17.7 Å². The number of nitrogens with two attached hydrogens (primary N) is 1. The maximum Gasteiger partial charge on any atom is 0.407 e. The Kier molecular flexibility index (Phi) is 26.2. The molecule has 0 fully saturated rings. The Morgan fingerprint density at radius 1 is 1.22 bits per heavy atom. The summed E-state index contributed by atoms with van der Waals surface area (Å²) in [5, 5.41) is 4.96. The fourth-order valence-electron chi connectivity index (χ4n) is 0.960. The molecular weight excluding hydrogens is 294 g/mol. The molecule has 0 spiro atoms. The van der Waals surface area contributed by atoms with Crippen molar-refractivity contribution in [2.75, 3.05) is 13.6 Å². The molecule has 0 heterocycles. The highest BCUT2D eigenvalue weighted by Gasteiger charge is 2.16. The van der Waals surface area contributed by atoms with Gasteiger partial charge in [-0.3, -0.25) is 4.79 Å². The monoisotopic (exact) mass is 333 g/mol. The first-order valence-electron chi connectivity index (χ1n) is 8.19. The van der Waals surface area contributed by atoms with Crippen molar-refractivity contribution in [2.24, 2.45) is 5.73 Å². The van der Waals surface area contributed by atoms with Crippen LogP contribution < -0.4 is 16.4 Å². The maximum atomic E-state index is 11.2. The number of amides is 2. The van der Waals surface area contributed by atoms with E-state index in [4.69, 9.17) is 10.5 Å². The van der Waals surface area contributed by atoms with E-state index in [2.05, 4.69) is 17.2 Å². The SMILES string of the molecule is C=CC.CC.CC.CNC(=O)C(N)CCNC(=O)OC(C)(C)C. The van der Waals surface area contributed by atoms with Crippen LogP contribution in [0.2, 0.25) is 0 Å². The number of ether oxygens (including phenoxy) is 1. The van der Waals surface area contributed by atoms with E-state index in [1.54, 1.807) is 26.8 Å². The molecule has 0 radical (unpaired) electrons. The first kappa shape index (κ1) is 29.5. The van der Waals surface area contributed by atoms with Crippen molar-refractivity contribution < 1.29 is 14.3 Å². The Bertz CT molecular complexity index is 287. The summed E-state index contributed by atoms with van der Waals surface area (Å²) in [5.41, 5.74) is 5.02. The maximum absolute atomic E-state index is 11.2. The number of alkyl carbamates (subject to hydrolysis) is 1. The first-order valence-corrected chi connectivity index (χ1v) is 8.19. The van der Waals surface area contributed by atoms with Gasteiger partial charge in [0.25, 0.3) is 0 Å². The minimum atomic E-state index is -0.611. The molecule has 0 bridgehead atoms. The lowest BCUT2D eigenvalue weighted by Crippen LogP contribution is -2.42. The summed E-state index contributed by atoms with van der Waals surface area (Å²) in [6.07, 6.45) is 1.62. The minimum absolute atomic E-state index is 0.244. The molecule has 1 unspecified atom stereocenters. The topological polar surface area (TPSA) is 93.5 Å². The van der Waals surface area contributed by atoms with Gasteiger partial charge in [0, 0.05) is 13.6 Å². The summed E-state index contributed by atoms with van der Waals surface area (Å²) >= 11 is 0. The molecule has 4 N–H and O–H groups in total. The molecular formula is C17H39N3O3. The molecule has 23 heavy (non-hydrogen) atoms. The van der Waals surface area contributed by atoms with Crippen LogP contribution in [0.3, 0.4) is 0 Å². The summed E-state index contributed by atoms with van der Waals surface area (Å²) in [5.74, 6) is -0.244. The van der Waals surface area contributed by atoms with Gasteiger partial charge in [0.15, 0.2) is 0 Å². The van der Waals surface area contributed by atoms with Gasteiger partial charge in [-0.1, -0.05) is 33.8 Å². The van der Waals surface area contributed by atoms with Crippen LogP contribution in [-0.2, 0) is 9.53 Å². The Balaban J connectivity index is -0.000000222. The number of rotatable bonds is 4. The molecule has 140 valence electrons. The number of hydrogen-bond donors (Lipinski definition) is 3. The number of likely N-dealkylation sites (N-methyl/N-ethyl adjacent to an activating group) is 1. The summed E-state index contributed by atoms with van der Waals surface area (Å²) < 4.78 is 5.01. The molecule has 6 heteroatoms. The molecule has 0 aliphatic heterocycles. The van der Waals surface area contributed by atoms with Crippen molar-refractivity contribution in [1.82, 2.24) is 10.6 Å². The van der Waals surface area contributed by atoms with Crippen LogP contribution in [0.25, 0.3) is 0 Å². The van der Waals surface area contributed by atoms with Crippen LogP contribution in [-0.4, -0.2) is 37.2 Å². The van der Waals surface area contributed by atoms with Crippen molar-refractivity contribution >= 4 is 12.0 Å². The lowest BCUT2D eigenvalue weighted by atomic mass is 10.2. The van der Waals surface area contributed by atoms with Crippen LogP contribution in [0.4, 0.5) is 4.79 Å². The first-order chi connectivity index (χ1) is 10.7. The van der Waals surface area contributed by atoms with Crippen molar-refractivity contribution in [3.8, 4) is 0 Å². The molecule has 1 atom stereocenters. The molecule has 0 aliphatic rings. The van der Waals surface area contributed by atoms with E-state index in [9.17, 15) is 9.59 Å². The van der Waals surface area contributed by atoms with Gasteiger partial charge in [-0.25, -0.2) is 4.79 Å². The second kappa shape index (κ2) is 20.4. The normalized spacial score (nSPS) is 10.0. The fraction of sp³-hybridized carbons (Fsp3) is 0.765. The van der Waals surface area contributed by atoms with Crippen LogP contribution in [0.5, 0.6) is 0 Å². The van der Waals surface area contributed by atoms with Crippen molar-refractivity contribution in [1.29, 1.82) is 0 Å². The Hall–Kier alpha value is -1.56. The highest BCUT2D eigenvalue weighted by Crippen LogP contribution is 2.06. The number of allylic oxidation sites excluding steroid dienone is 1. The molecule has 0 aromatic rings. The predicted molar refractivity (Wildman–Crippen MR) is 99.5 cm³/mol. The average molecular weight is 334 g/mol. The minimum Gasteiger partial charge on any atom is -0.444 e. The summed E-state index contributed by atoms with van der Waals surface area (Å²) in [6.45, 7) is 18.9. The highest BCUT2D eigenvalue weighted by molar-refractivity contribution is 5.81. The number of nitrogens with one attached hydrogen (secondary N) is 2. The Labute approximate surface area is 143 Å². The van der Waals surface area contributed by atoms with Crippen molar-refractivity contribution in [2.45, 2.75) is 73.5 Å². The molecule has 0 saturated carbocycles. The number of carbonyl (C=O) groups is 2. The van der Waals surface area contributed by atoms with E-state index in [1.165, 1.54) is 7.05 Å². The zero-order valence-corrected chi connectivity index (χ0v) is 16.6. The summed E-state index contributed by atoms with van der Waals surface area (Å²) in [6, 6.07) is -0.611. The quantitative estimate of drug-likeness (QED) is 0.689. The second-order valence-corrected chi connectivity index (χ2v) is 4.85. The fourth-order valence-corrected chi connectivity index (χ4v) is 0.960. The van der Waals surface area contributed by atoms with Gasteiger partial charge < -0.3 is 21.1 Å². The van der Waals surface area contributed by atoms with Gasteiger partial charge in [0.1, 0.15) is 5.60 Å². The largest absolute Gasteiger partial charge is 0.444 e. The molecule has 0 saturated heterocycles. The predicted octanol–water partition coefficient (Wildman–Crippen LogP) is 3.22. The van der Waals surface area contributed by atoms with Crippen molar-refractivity contribution in [3.63, 3.8) is 0 Å². The van der Waals surface area contributed by atoms with Gasteiger partial charge in [-0.05, 0) is 34.1 Å². The molecule has 2 amide bonds. The molecule has 0 aromatic heterocycles. The lowest BCUT2D eigenvalue weighted by molar-refractivity contribution is -0.122. The zero-order chi connectivity index (χ0) is 19.5. The van der Waals surface area contributed by atoms with Crippen LogP contribution in [0.1, 0.15) is 61.8 Å². The third kappa shape index (κ3) is 29.2. The van der Waals surface area contributed by atoms with Crippen LogP contribution >= 0.6 is 0 Å².